The third-order valence-electron chi connectivity index (χ3n) is 5.77. The van der Waals surface area contributed by atoms with Crippen molar-refractivity contribution in [3.63, 3.8) is 0 Å². The highest BCUT2D eigenvalue weighted by Crippen LogP contribution is 2.28. The first-order valence-electron chi connectivity index (χ1n) is 11.3. The summed E-state index contributed by atoms with van der Waals surface area (Å²) in [6.07, 6.45) is 9.74. The Balaban J connectivity index is 1.89. The van der Waals surface area contributed by atoms with E-state index in [9.17, 15) is 19.2 Å². The second-order valence-electron chi connectivity index (χ2n) is 8.26. The summed E-state index contributed by atoms with van der Waals surface area (Å²) >= 11 is 0. The molecule has 3 rings (SSSR count). The first kappa shape index (κ1) is 25.8. The molecule has 1 aromatic carbocycles. The van der Waals surface area contributed by atoms with Gasteiger partial charge >= 0.3 is 6.03 Å². The van der Waals surface area contributed by atoms with Crippen molar-refractivity contribution in [2.24, 2.45) is 0 Å². The molecule has 10 heteroatoms. The zero-order valence-corrected chi connectivity index (χ0v) is 19.7. The number of piperazine rings is 1. The first-order chi connectivity index (χ1) is 16.9. The lowest BCUT2D eigenvalue weighted by molar-refractivity contribution is -0.189. The minimum absolute atomic E-state index is 0.0193. The molecule has 2 saturated heterocycles. The standard InChI is InChI=1S/C25H29N5O5/c1-4-11-28-18-23(32)29-21(15-19(3)31)24(33)27(12-14-35-13-5-2)17-22(29)30(28)25(34)26-16-20-9-7-6-8-10-20/h1-2,6-10,21-22H,11-18H2,3H3,(H,26,34)/t21-,22?/m0/s1. The average molecular weight is 480 g/mol. The molecule has 0 bridgehead atoms. The van der Waals surface area contributed by atoms with E-state index in [2.05, 4.69) is 17.2 Å². The van der Waals surface area contributed by atoms with E-state index in [0.717, 1.165) is 5.56 Å². The van der Waals surface area contributed by atoms with Gasteiger partial charge < -0.3 is 19.9 Å². The molecule has 1 N–H and O–H groups in total. The van der Waals surface area contributed by atoms with Crippen LogP contribution in [0.2, 0.25) is 0 Å². The van der Waals surface area contributed by atoms with E-state index in [0.29, 0.717) is 0 Å². The summed E-state index contributed by atoms with van der Waals surface area (Å²) in [6.45, 7) is 1.97. The summed E-state index contributed by atoms with van der Waals surface area (Å²) in [5.74, 6) is 3.86. The van der Waals surface area contributed by atoms with Crippen LogP contribution < -0.4 is 5.32 Å². The molecule has 1 unspecified atom stereocenters. The van der Waals surface area contributed by atoms with E-state index < -0.39 is 18.2 Å². The summed E-state index contributed by atoms with van der Waals surface area (Å²) < 4.78 is 5.32. The van der Waals surface area contributed by atoms with Gasteiger partial charge in [-0.1, -0.05) is 42.2 Å². The van der Waals surface area contributed by atoms with Crippen LogP contribution in [0.5, 0.6) is 0 Å². The number of hydrogen-bond donors (Lipinski definition) is 1. The molecule has 2 aliphatic heterocycles. The monoisotopic (exact) mass is 479 g/mol. The number of ether oxygens (including phenoxy) is 1. The number of Topliss-reactive ketones (excluding diaryl/α,β-unsaturated/α-hetero) is 1. The third-order valence-corrected chi connectivity index (χ3v) is 5.77. The minimum Gasteiger partial charge on any atom is -0.367 e. The van der Waals surface area contributed by atoms with Crippen molar-refractivity contribution in [2.45, 2.75) is 32.1 Å². The smallest absolute Gasteiger partial charge is 0.334 e. The number of carbonyl (C=O) groups excluding carboxylic acids is 4. The highest BCUT2D eigenvalue weighted by Gasteiger charge is 2.51. The van der Waals surface area contributed by atoms with Gasteiger partial charge in [0.25, 0.3) is 0 Å². The zero-order valence-electron chi connectivity index (χ0n) is 19.7. The number of urea groups is 1. The van der Waals surface area contributed by atoms with Crippen LogP contribution in [-0.4, -0.2) is 95.0 Å². The largest absolute Gasteiger partial charge is 0.367 e. The van der Waals surface area contributed by atoms with Crippen LogP contribution in [-0.2, 0) is 25.7 Å². The summed E-state index contributed by atoms with van der Waals surface area (Å²) in [5.41, 5.74) is 0.898. The number of benzene rings is 1. The molecular weight excluding hydrogens is 450 g/mol. The van der Waals surface area contributed by atoms with E-state index in [4.69, 9.17) is 17.6 Å². The SMILES string of the molecule is C#CCOCCN1CC2N(C(=O)CN(CC#C)N2C(=O)NCc2ccccc2)[C@@H](CC(C)=O)C1=O. The molecule has 2 atom stereocenters. The Hall–Kier alpha value is -3.86. The van der Waals surface area contributed by atoms with Crippen molar-refractivity contribution in [1.82, 2.24) is 25.1 Å². The van der Waals surface area contributed by atoms with Gasteiger partial charge in [0.05, 0.1) is 26.2 Å². The number of terminal acetylenes is 2. The molecule has 4 amide bonds. The zero-order chi connectivity index (χ0) is 25.4. The highest BCUT2D eigenvalue weighted by molar-refractivity contribution is 5.94. The molecule has 2 fully saturated rings. The van der Waals surface area contributed by atoms with E-state index in [1.54, 1.807) is 0 Å². The van der Waals surface area contributed by atoms with Crippen LogP contribution in [0.3, 0.4) is 0 Å². The number of amides is 4. The molecule has 1 aromatic rings. The second kappa shape index (κ2) is 12.0. The van der Waals surface area contributed by atoms with Gasteiger partial charge in [-0.05, 0) is 12.5 Å². The Labute approximate surface area is 205 Å². The molecule has 2 aliphatic rings. The molecule has 0 spiro atoms. The lowest BCUT2D eigenvalue weighted by atomic mass is 10.0. The molecule has 184 valence electrons. The molecule has 0 aliphatic carbocycles. The molecule has 0 aromatic heterocycles. The van der Waals surface area contributed by atoms with Crippen molar-refractivity contribution >= 4 is 23.6 Å². The van der Waals surface area contributed by atoms with Gasteiger partial charge in [-0.3, -0.25) is 14.4 Å². The van der Waals surface area contributed by atoms with Gasteiger partial charge in [-0.2, -0.15) is 5.01 Å². The second-order valence-corrected chi connectivity index (χ2v) is 8.26. The van der Waals surface area contributed by atoms with E-state index >= 15 is 0 Å². The molecular formula is C25H29N5O5. The Morgan fingerprint density at radius 1 is 1.17 bits per heavy atom. The van der Waals surface area contributed by atoms with Crippen LogP contribution >= 0.6 is 0 Å². The number of carbonyl (C=O) groups is 4. The van der Waals surface area contributed by atoms with Crippen LogP contribution in [0, 0.1) is 24.7 Å². The van der Waals surface area contributed by atoms with Gasteiger partial charge in [-0.15, -0.1) is 12.8 Å². The predicted octanol–water partition coefficient (Wildman–Crippen LogP) is 0.0564. The number of hydrazine groups is 1. The van der Waals surface area contributed by atoms with Crippen molar-refractivity contribution < 1.29 is 23.9 Å². The van der Waals surface area contributed by atoms with Crippen LogP contribution in [0.4, 0.5) is 4.79 Å². The van der Waals surface area contributed by atoms with Gasteiger partial charge in [0.1, 0.15) is 24.6 Å². The molecule has 2 heterocycles. The fourth-order valence-electron chi connectivity index (χ4n) is 4.27. The van der Waals surface area contributed by atoms with Crippen molar-refractivity contribution in [2.75, 3.05) is 39.4 Å². The number of hydrogen-bond acceptors (Lipinski definition) is 6. The predicted molar refractivity (Wildman–Crippen MR) is 127 cm³/mol. The fraction of sp³-hybridized carbons (Fsp3) is 0.440. The first-order valence-corrected chi connectivity index (χ1v) is 11.3. The molecule has 0 radical (unpaired) electrons. The lowest BCUT2D eigenvalue weighted by Crippen LogP contribution is -2.76. The van der Waals surface area contributed by atoms with Gasteiger partial charge in [0, 0.05) is 19.5 Å². The topological polar surface area (TPSA) is 102 Å². The summed E-state index contributed by atoms with van der Waals surface area (Å²) in [5, 5.41) is 5.74. The lowest BCUT2D eigenvalue weighted by Gasteiger charge is -2.54. The Bertz CT molecular complexity index is 1030. The third kappa shape index (κ3) is 6.18. The normalized spacial score (nSPS) is 20.1. The maximum atomic E-state index is 13.4. The number of ketones is 1. The van der Waals surface area contributed by atoms with E-state index in [1.165, 1.54) is 26.7 Å². The molecule has 35 heavy (non-hydrogen) atoms. The van der Waals surface area contributed by atoms with Crippen LogP contribution in [0.1, 0.15) is 18.9 Å². The van der Waals surface area contributed by atoms with Crippen molar-refractivity contribution in [1.29, 1.82) is 0 Å². The maximum Gasteiger partial charge on any atom is 0.334 e. The van der Waals surface area contributed by atoms with Crippen molar-refractivity contribution in [3.8, 4) is 24.7 Å². The number of nitrogens with zero attached hydrogens (tertiary/aromatic N) is 4. The number of fused-ring (bicyclic) bond motifs is 1. The van der Waals surface area contributed by atoms with Crippen molar-refractivity contribution in [3.05, 3.63) is 35.9 Å². The quantitative estimate of drug-likeness (QED) is 0.397. The van der Waals surface area contributed by atoms with Gasteiger partial charge in [0.15, 0.2) is 0 Å². The Morgan fingerprint density at radius 3 is 2.57 bits per heavy atom. The van der Waals surface area contributed by atoms with E-state index in [1.807, 2.05) is 30.3 Å². The Kier molecular flexibility index (Phi) is 8.85. The van der Waals surface area contributed by atoms with Gasteiger partial charge in [-0.25, -0.2) is 9.80 Å². The summed E-state index contributed by atoms with van der Waals surface area (Å²) in [4.78, 5) is 54.6. The summed E-state index contributed by atoms with van der Waals surface area (Å²) in [7, 11) is 0. The van der Waals surface area contributed by atoms with Crippen LogP contribution in [0.15, 0.2) is 30.3 Å². The maximum absolute atomic E-state index is 13.4. The average Bonchev–Trinajstić information content (AvgIpc) is 2.83. The highest BCUT2D eigenvalue weighted by atomic mass is 16.5. The van der Waals surface area contributed by atoms with E-state index in [-0.39, 0.29) is 70.0 Å². The summed E-state index contributed by atoms with van der Waals surface area (Å²) in [6, 6.07) is 7.88. The number of rotatable bonds is 9. The fourth-order valence-corrected chi connectivity index (χ4v) is 4.27. The Morgan fingerprint density at radius 2 is 1.91 bits per heavy atom. The minimum atomic E-state index is -1.02. The molecule has 0 saturated carbocycles. The van der Waals surface area contributed by atoms with Gasteiger partial charge in [0.2, 0.25) is 11.8 Å². The molecule has 10 nitrogen and oxygen atoms in total. The van der Waals surface area contributed by atoms with Crippen LogP contribution in [0.25, 0.3) is 0 Å². The number of nitrogens with one attached hydrogen (secondary N) is 1.